The number of aryl methyl sites for hydroxylation is 1. The van der Waals surface area contributed by atoms with E-state index in [0.717, 1.165) is 39.1 Å². The van der Waals surface area contributed by atoms with E-state index in [1.54, 1.807) is 12.1 Å². The second kappa shape index (κ2) is 7.66. The van der Waals surface area contributed by atoms with E-state index in [0.29, 0.717) is 12.1 Å². The Morgan fingerprint density at radius 1 is 1.07 bits per heavy atom. The van der Waals surface area contributed by atoms with Crippen LogP contribution in [0.15, 0.2) is 64.5 Å². The van der Waals surface area contributed by atoms with Crippen LogP contribution in [-0.4, -0.2) is 18.4 Å². The Morgan fingerprint density at radius 3 is 2.74 bits per heavy atom. The van der Waals surface area contributed by atoms with E-state index in [9.17, 15) is 9.59 Å². The molecule has 6 heteroatoms. The predicted octanol–water partition coefficient (Wildman–Crippen LogP) is 5.36. The summed E-state index contributed by atoms with van der Waals surface area (Å²) >= 11 is 4.84. The summed E-state index contributed by atoms with van der Waals surface area (Å²) in [6.45, 7) is 0.716. The van der Waals surface area contributed by atoms with Crippen molar-refractivity contribution in [3.8, 4) is 0 Å². The quantitative estimate of drug-likeness (QED) is 0.595. The fourth-order valence-corrected chi connectivity index (χ4v) is 4.32. The first kappa shape index (κ1) is 17.9. The minimum Gasteiger partial charge on any atom is -0.322 e. The highest BCUT2D eigenvalue weighted by atomic mass is 79.9. The number of nitrogens with one attached hydrogen (secondary N) is 1. The molecule has 0 unspecified atom stereocenters. The molecule has 2 aromatic carbocycles. The number of rotatable bonds is 3. The summed E-state index contributed by atoms with van der Waals surface area (Å²) in [6.07, 6.45) is 1.80. The van der Waals surface area contributed by atoms with E-state index in [4.69, 9.17) is 0 Å². The second-order valence-electron chi connectivity index (χ2n) is 6.35. The average Bonchev–Trinajstić information content (AvgIpc) is 3.21. The molecule has 3 aromatic rings. The molecular formula is C21H17BrN2O2S. The lowest BCUT2D eigenvalue weighted by Crippen LogP contribution is -2.35. The molecule has 0 atom stereocenters. The Labute approximate surface area is 170 Å². The number of carbonyl (C=O) groups is 2. The first-order valence-corrected chi connectivity index (χ1v) is 10.3. The normalized spacial score (nSPS) is 13.1. The van der Waals surface area contributed by atoms with Crippen molar-refractivity contribution in [1.82, 2.24) is 0 Å². The van der Waals surface area contributed by atoms with Gasteiger partial charge in [0.15, 0.2) is 0 Å². The predicted molar refractivity (Wildman–Crippen MR) is 113 cm³/mol. The van der Waals surface area contributed by atoms with Crippen molar-refractivity contribution >= 4 is 50.5 Å². The smallest absolute Gasteiger partial charge is 0.268 e. The Hall–Kier alpha value is -2.44. The van der Waals surface area contributed by atoms with E-state index in [1.165, 1.54) is 11.3 Å². The van der Waals surface area contributed by atoms with Crippen LogP contribution in [0.2, 0.25) is 0 Å². The number of thiophene rings is 1. The lowest BCUT2D eigenvalue weighted by molar-refractivity contribution is 0.0987. The van der Waals surface area contributed by atoms with Crippen molar-refractivity contribution in [3.63, 3.8) is 0 Å². The number of fused-ring (bicyclic) bond motifs is 1. The molecule has 2 heterocycles. The molecule has 2 amide bonds. The van der Waals surface area contributed by atoms with Crippen LogP contribution < -0.4 is 10.2 Å². The van der Waals surface area contributed by atoms with Gasteiger partial charge in [-0.1, -0.05) is 28.1 Å². The van der Waals surface area contributed by atoms with Crippen LogP contribution >= 0.6 is 27.3 Å². The first-order chi connectivity index (χ1) is 13.1. The molecule has 1 aromatic heterocycles. The molecule has 136 valence electrons. The highest BCUT2D eigenvalue weighted by Gasteiger charge is 2.24. The van der Waals surface area contributed by atoms with Crippen LogP contribution in [0.3, 0.4) is 0 Å². The minimum absolute atomic E-state index is 0.0388. The van der Waals surface area contributed by atoms with Gasteiger partial charge in [-0.05, 0) is 66.2 Å². The number of halogens is 1. The van der Waals surface area contributed by atoms with Gasteiger partial charge in [0.05, 0.1) is 4.88 Å². The highest BCUT2D eigenvalue weighted by molar-refractivity contribution is 9.10. The summed E-state index contributed by atoms with van der Waals surface area (Å²) in [5, 5.41) is 4.86. The summed E-state index contributed by atoms with van der Waals surface area (Å²) in [4.78, 5) is 27.8. The molecule has 0 bridgehead atoms. The van der Waals surface area contributed by atoms with Crippen LogP contribution in [0.4, 0.5) is 11.4 Å². The number of carbonyl (C=O) groups excluding carboxylic acids is 2. The molecule has 1 aliphatic heterocycles. The average molecular weight is 441 g/mol. The molecule has 0 fully saturated rings. The zero-order valence-electron chi connectivity index (χ0n) is 14.4. The van der Waals surface area contributed by atoms with Crippen LogP contribution in [0, 0.1) is 0 Å². The van der Waals surface area contributed by atoms with Crippen molar-refractivity contribution in [2.45, 2.75) is 12.8 Å². The van der Waals surface area contributed by atoms with Gasteiger partial charge in [0.25, 0.3) is 11.8 Å². The van der Waals surface area contributed by atoms with E-state index in [1.807, 2.05) is 52.7 Å². The number of hydrogen-bond donors (Lipinski definition) is 1. The van der Waals surface area contributed by atoms with E-state index >= 15 is 0 Å². The number of anilines is 2. The van der Waals surface area contributed by atoms with E-state index in [2.05, 4.69) is 21.2 Å². The molecule has 4 rings (SSSR count). The minimum atomic E-state index is -0.154. The Bertz CT molecular complexity index is 1000. The molecule has 0 radical (unpaired) electrons. The van der Waals surface area contributed by atoms with Gasteiger partial charge in [0.1, 0.15) is 0 Å². The molecule has 27 heavy (non-hydrogen) atoms. The molecule has 4 nitrogen and oxygen atoms in total. The Morgan fingerprint density at radius 2 is 1.96 bits per heavy atom. The third-order valence-electron chi connectivity index (χ3n) is 4.52. The van der Waals surface area contributed by atoms with Gasteiger partial charge < -0.3 is 10.2 Å². The molecular weight excluding hydrogens is 424 g/mol. The molecule has 1 N–H and O–H groups in total. The fourth-order valence-electron chi connectivity index (χ4n) is 3.25. The number of benzene rings is 2. The molecule has 0 saturated carbocycles. The maximum Gasteiger partial charge on any atom is 0.268 e. The summed E-state index contributed by atoms with van der Waals surface area (Å²) in [5.41, 5.74) is 3.35. The zero-order valence-corrected chi connectivity index (χ0v) is 16.8. The van der Waals surface area contributed by atoms with Crippen molar-refractivity contribution < 1.29 is 9.59 Å². The van der Waals surface area contributed by atoms with Crippen molar-refractivity contribution in [2.75, 3.05) is 16.8 Å². The molecule has 0 aliphatic carbocycles. The van der Waals surface area contributed by atoms with Gasteiger partial charge in [-0.25, -0.2) is 0 Å². The van der Waals surface area contributed by atoms with E-state index in [-0.39, 0.29) is 11.8 Å². The monoisotopic (exact) mass is 440 g/mol. The lowest BCUT2D eigenvalue weighted by Gasteiger charge is -2.29. The summed E-state index contributed by atoms with van der Waals surface area (Å²) in [7, 11) is 0. The Kier molecular flexibility index (Phi) is 5.09. The van der Waals surface area contributed by atoms with Gasteiger partial charge in [0.2, 0.25) is 0 Å². The molecule has 0 saturated heterocycles. The van der Waals surface area contributed by atoms with Crippen molar-refractivity contribution in [3.05, 3.63) is 80.5 Å². The second-order valence-corrected chi connectivity index (χ2v) is 8.21. The third kappa shape index (κ3) is 3.82. The highest BCUT2D eigenvalue weighted by Crippen LogP contribution is 2.31. The summed E-state index contributed by atoms with van der Waals surface area (Å²) in [5.74, 6) is -0.115. The lowest BCUT2D eigenvalue weighted by atomic mass is 10.0. The third-order valence-corrected chi connectivity index (χ3v) is 5.87. The topological polar surface area (TPSA) is 49.4 Å². The van der Waals surface area contributed by atoms with Gasteiger partial charge in [0, 0.05) is 28.0 Å². The Balaban J connectivity index is 1.56. The first-order valence-electron chi connectivity index (χ1n) is 8.67. The number of nitrogens with zero attached hydrogens (tertiary/aromatic N) is 1. The van der Waals surface area contributed by atoms with E-state index < -0.39 is 0 Å². The van der Waals surface area contributed by atoms with Gasteiger partial charge in [-0.2, -0.15) is 0 Å². The van der Waals surface area contributed by atoms with Crippen LogP contribution in [0.25, 0.3) is 0 Å². The van der Waals surface area contributed by atoms with Gasteiger partial charge in [-0.15, -0.1) is 11.3 Å². The SMILES string of the molecule is O=C(Nc1ccc2c(c1)CCCN2C(=O)c1cccs1)c1cccc(Br)c1. The maximum atomic E-state index is 12.8. The van der Waals surface area contributed by atoms with Crippen LogP contribution in [0.1, 0.15) is 32.0 Å². The van der Waals surface area contributed by atoms with Crippen LogP contribution in [-0.2, 0) is 6.42 Å². The molecule has 0 spiro atoms. The number of amides is 2. The molecule has 1 aliphatic rings. The summed E-state index contributed by atoms with van der Waals surface area (Å²) in [6, 6.07) is 16.8. The van der Waals surface area contributed by atoms with Gasteiger partial charge >= 0.3 is 0 Å². The van der Waals surface area contributed by atoms with Crippen molar-refractivity contribution in [1.29, 1.82) is 0 Å². The summed E-state index contributed by atoms with van der Waals surface area (Å²) < 4.78 is 0.864. The standard InChI is InChI=1S/C21H17BrN2O2S/c22-16-6-1-4-15(12-16)20(25)23-17-8-9-18-14(13-17)5-2-10-24(18)21(26)19-7-3-11-27-19/h1,3-4,6-9,11-13H,2,5,10H2,(H,23,25). The van der Waals surface area contributed by atoms with Crippen molar-refractivity contribution in [2.24, 2.45) is 0 Å². The number of hydrogen-bond acceptors (Lipinski definition) is 3. The van der Waals surface area contributed by atoms with Crippen LogP contribution in [0.5, 0.6) is 0 Å². The maximum absolute atomic E-state index is 12.8. The fraction of sp³-hybridized carbons (Fsp3) is 0.143. The zero-order chi connectivity index (χ0) is 18.8. The van der Waals surface area contributed by atoms with Gasteiger partial charge in [-0.3, -0.25) is 9.59 Å². The largest absolute Gasteiger partial charge is 0.322 e.